The number of aryl methyl sites for hydroxylation is 1. The molecule has 2 heterocycles. The lowest BCUT2D eigenvalue weighted by Gasteiger charge is -2.38. The molecule has 1 aromatic heterocycles. The maximum atomic E-state index is 6.04. The Morgan fingerprint density at radius 3 is 2.53 bits per heavy atom. The Morgan fingerprint density at radius 1 is 1.26 bits per heavy atom. The van der Waals surface area contributed by atoms with Gasteiger partial charge in [0.15, 0.2) is 0 Å². The summed E-state index contributed by atoms with van der Waals surface area (Å²) in [6, 6.07) is 5.90. The van der Waals surface area contributed by atoms with Crippen LogP contribution in [0.4, 0.5) is 0 Å². The fraction of sp³-hybridized carbons (Fsp3) is 0.733. The fourth-order valence-electron chi connectivity index (χ4n) is 3.06. The van der Waals surface area contributed by atoms with Crippen molar-refractivity contribution in [1.29, 1.82) is 0 Å². The molecule has 0 spiro atoms. The molecule has 3 rings (SSSR count). The van der Waals surface area contributed by atoms with Gasteiger partial charge in [-0.1, -0.05) is 6.92 Å². The zero-order valence-corrected chi connectivity index (χ0v) is 12.7. The molecule has 4 heteroatoms. The third-order valence-electron chi connectivity index (χ3n) is 4.44. The molecule has 1 unspecified atom stereocenters. The van der Waals surface area contributed by atoms with Crippen LogP contribution >= 0.6 is 11.3 Å². The lowest BCUT2D eigenvalue weighted by Crippen LogP contribution is -2.49. The summed E-state index contributed by atoms with van der Waals surface area (Å²) in [7, 11) is 0. The van der Waals surface area contributed by atoms with Crippen LogP contribution in [0.5, 0.6) is 0 Å². The highest BCUT2D eigenvalue weighted by atomic mass is 32.1. The van der Waals surface area contributed by atoms with E-state index in [1.54, 1.807) is 0 Å². The molecule has 0 bridgehead atoms. The van der Waals surface area contributed by atoms with Gasteiger partial charge in [-0.15, -0.1) is 11.3 Å². The first-order valence-corrected chi connectivity index (χ1v) is 8.40. The third-order valence-corrected chi connectivity index (χ3v) is 5.77. The van der Waals surface area contributed by atoms with Crippen LogP contribution in [0.3, 0.4) is 0 Å². The molecule has 1 saturated carbocycles. The minimum absolute atomic E-state index is 0.437. The molecule has 2 N–H and O–H groups in total. The lowest BCUT2D eigenvalue weighted by molar-refractivity contribution is 0.0950. The summed E-state index contributed by atoms with van der Waals surface area (Å²) in [4.78, 5) is 8.18. The van der Waals surface area contributed by atoms with Crippen LogP contribution in [0.1, 0.15) is 35.6 Å². The van der Waals surface area contributed by atoms with E-state index in [2.05, 4.69) is 28.9 Å². The molecule has 2 fully saturated rings. The molecule has 1 saturated heterocycles. The van der Waals surface area contributed by atoms with Crippen LogP contribution in [0, 0.1) is 0 Å². The number of thiophene rings is 1. The average Bonchev–Trinajstić information content (AvgIpc) is 3.20. The number of rotatable bonds is 5. The Bertz CT molecular complexity index is 405. The molecule has 1 atom stereocenters. The van der Waals surface area contributed by atoms with E-state index in [1.807, 2.05) is 11.3 Å². The number of hydrogen-bond donors (Lipinski definition) is 1. The maximum absolute atomic E-state index is 6.04. The van der Waals surface area contributed by atoms with E-state index in [9.17, 15) is 0 Å². The Morgan fingerprint density at radius 2 is 2.00 bits per heavy atom. The van der Waals surface area contributed by atoms with E-state index in [1.165, 1.54) is 48.8 Å². The predicted octanol–water partition coefficient (Wildman–Crippen LogP) is 2.09. The molecule has 1 aromatic rings. The summed E-state index contributed by atoms with van der Waals surface area (Å²) >= 11 is 1.94. The number of nitrogens with zero attached hydrogens (tertiary/aromatic N) is 2. The predicted molar refractivity (Wildman–Crippen MR) is 81.7 cm³/mol. The molecular weight excluding hydrogens is 254 g/mol. The zero-order chi connectivity index (χ0) is 13.2. The van der Waals surface area contributed by atoms with E-state index in [-0.39, 0.29) is 0 Å². The number of nitrogens with two attached hydrogens (primary N) is 1. The van der Waals surface area contributed by atoms with Crippen LogP contribution in [-0.2, 0) is 6.42 Å². The van der Waals surface area contributed by atoms with Gasteiger partial charge in [0.05, 0.1) is 6.04 Å². The fourth-order valence-corrected chi connectivity index (χ4v) is 4.16. The summed E-state index contributed by atoms with van der Waals surface area (Å²) in [5, 5.41) is 0. The highest BCUT2D eigenvalue weighted by Crippen LogP contribution is 2.31. The first-order valence-electron chi connectivity index (χ1n) is 7.58. The van der Waals surface area contributed by atoms with Crippen molar-refractivity contribution in [3.8, 4) is 0 Å². The molecule has 106 valence electrons. The van der Waals surface area contributed by atoms with Crippen molar-refractivity contribution in [2.45, 2.75) is 38.3 Å². The van der Waals surface area contributed by atoms with Gasteiger partial charge in [0.1, 0.15) is 0 Å². The van der Waals surface area contributed by atoms with E-state index in [4.69, 9.17) is 5.73 Å². The van der Waals surface area contributed by atoms with Crippen LogP contribution < -0.4 is 5.73 Å². The van der Waals surface area contributed by atoms with E-state index in [0.29, 0.717) is 6.04 Å². The second kappa shape index (κ2) is 5.92. The maximum Gasteiger partial charge on any atom is 0.0565 e. The van der Waals surface area contributed by atoms with Crippen LogP contribution in [0.25, 0.3) is 0 Å². The molecule has 19 heavy (non-hydrogen) atoms. The molecule has 2 aliphatic rings. The quantitative estimate of drug-likeness (QED) is 0.896. The minimum Gasteiger partial charge on any atom is -0.329 e. The highest BCUT2D eigenvalue weighted by Gasteiger charge is 2.33. The summed E-state index contributed by atoms with van der Waals surface area (Å²) in [6.45, 7) is 7.78. The van der Waals surface area contributed by atoms with Crippen molar-refractivity contribution in [1.82, 2.24) is 9.80 Å². The Balaban J connectivity index is 1.62. The van der Waals surface area contributed by atoms with E-state index < -0.39 is 0 Å². The Labute approximate surface area is 120 Å². The van der Waals surface area contributed by atoms with Crippen LogP contribution in [-0.4, -0.2) is 48.6 Å². The molecule has 0 aromatic carbocycles. The van der Waals surface area contributed by atoms with E-state index in [0.717, 1.165) is 19.0 Å². The highest BCUT2D eigenvalue weighted by molar-refractivity contribution is 7.12. The summed E-state index contributed by atoms with van der Waals surface area (Å²) in [5.41, 5.74) is 6.04. The minimum atomic E-state index is 0.437. The van der Waals surface area contributed by atoms with Crippen molar-refractivity contribution < 1.29 is 0 Å². The summed E-state index contributed by atoms with van der Waals surface area (Å²) < 4.78 is 0. The molecular formula is C15H25N3S. The second-order valence-electron chi connectivity index (χ2n) is 5.71. The normalized spacial score (nSPS) is 23.7. The standard InChI is InChI=1S/C15H25N3S/c1-2-13-5-6-15(19-13)14(11-16)18-9-7-17(8-10-18)12-3-4-12/h5-6,12,14H,2-4,7-11,16H2,1H3. The van der Waals surface area contributed by atoms with Crippen molar-refractivity contribution in [3.05, 3.63) is 21.9 Å². The zero-order valence-electron chi connectivity index (χ0n) is 11.8. The smallest absolute Gasteiger partial charge is 0.0565 e. The third kappa shape index (κ3) is 3.02. The van der Waals surface area contributed by atoms with Gasteiger partial charge < -0.3 is 5.73 Å². The van der Waals surface area contributed by atoms with Gasteiger partial charge in [0.2, 0.25) is 0 Å². The van der Waals surface area contributed by atoms with Crippen molar-refractivity contribution in [3.63, 3.8) is 0 Å². The monoisotopic (exact) mass is 279 g/mol. The Hall–Kier alpha value is -0.420. The molecule has 3 nitrogen and oxygen atoms in total. The van der Waals surface area contributed by atoms with Gasteiger partial charge in [-0.05, 0) is 31.4 Å². The average molecular weight is 279 g/mol. The molecule has 1 aliphatic heterocycles. The number of piperazine rings is 1. The van der Waals surface area contributed by atoms with Gasteiger partial charge in [-0.2, -0.15) is 0 Å². The number of hydrogen-bond acceptors (Lipinski definition) is 4. The second-order valence-corrected chi connectivity index (χ2v) is 6.91. The SMILES string of the molecule is CCc1ccc(C(CN)N2CCN(C3CC3)CC2)s1. The van der Waals surface area contributed by atoms with E-state index >= 15 is 0 Å². The van der Waals surface area contributed by atoms with Crippen molar-refractivity contribution in [2.24, 2.45) is 5.73 Å². The first-order chi connectivity index (χ1) is 9.31. The molecule has 0 amide bonds. The van der Waals surface area contributed by atoms with Gasteiger partial charge in [0.25, 0.3) is 0 Å². The van der Waals surface area contributed by atoms with Gasteiger partial charge in [-0.3, -0.25) is 9.80 Å². The topological polar surface area (TPSA) is 32.5 Å². The first kappa shape index (κ1) is 13.6. The summed E-state index contributed by atoms with van der Waals surface area (Å²) in [5.74, 6) is 0. The van der Waals surface area contributed by atoms with Crippen molar-refractivity contribution >= 4 is 11.3 Å². The lowest BCUT2D eigenvalue weighted by atomic mass is 10.1. The van der Waals surface area contributed by atoms with Crippen molar-refractivity contribution in [2.75, 3.05) is 32.7 Å². The van der Waals surface area contributed by atoms with Crippen LogP contribution in [0.15, 0.2) is 12.1 Å². The molecule has 1 aliphatic carbocycles. The summed E-state index contributed by atoms with van der Waals surface area (Å²) in [6.07, 6.45) is 3.98. The largest absolute Gasteiger partial charge is 0.329 e. The van der Waals surface area contributed by atoms with Crippen LogP contribution in [0.2, 0.25) is 0 Å². The molecule has 0 radical (unpaired) electrons. The Kier molecular flexibility index (Phi) is 4.22. The van der Waals surface area contributed by atoms with Gasteiger partial charge >= 0.3 is 0 Å². The van der Waals surface area contributed by atoms with Gasteiger partial charge in [0, 0.05) is 48.5 Å². The van der Waals surface area contributed by atoms with Gasteiger partial charge in [-0.25, -0.2) is 0 Å².